The van der Waals surface area contributed by atoms with Crippen LogP contribution in [0.3, 0.4) is 0 Å². The molecule has 2 aromatic carbocycles. The maximum absolute atomic E-state index is 12.6. The Hall–Kier alpha value is -3.74. The first-order valence-corrected chi connectivity index (χ1v) is 8.80. The number of rotatable bonds is 6. The lowest BCUT2D eigenvalue weighted by molar-refractivity contribution is 0.0527. The van der Waals surface area contributed by atoms with Gasteiger partial charge in [-0.1, -0.05) is 30.3 Å². The molecule has 0 aliphatic rings. The van der Waals surface area contributed by atoms with Gasteiger partial charge in [-0.05, 0) is 37.6 Å². The van der Waals surface area contributed by atoms with E-state index in [0.717, 1.165) is 11.3 Å². The number of carbonyl (C=O) groups is 2. The van der Waals surface area contributed by atoms with E-state index in [9.17, 15) is 9.59 Å². The number of aromatic nitrogens is 2. The molecule has 0 fully saturated rings. The second kappa shape index (κ2) is 8.77. The molecule has 0 bridgehead atoms. The van der Waals surface area contributed by atoms with Gasteiger partial charge in [-0.3, -0.25) is 4.79 Å². The fourth-order valence-corrected chi connectivity index (χ4v) is 2.57. The average Bonchev–Trinajstić information content (AvgIpc) is 2.70. The molecule has 142 valence electrons. The summed E-state index contributed by atoms with van der Waals surface area (Å²) in [5.41, 5.74) is 2.75. The Bertz CT molecular complexity index is 1000. The number of aryl methyl sites for hydroxylation is 1. The van der Waals surface area contributed by atoms with Crippen LogP contribution in [-0.2, 0) is 4.74 Å². The van der Waals surface area contributed by atoms with Gasteiger partial charge >= 0.3 is 5.97 Å². The zero-order valence-corrected chi connectivity index (χ0v) is 15.6. The van der Waals surface area contributed by atoms with Crippen molar-refractivity contribution in [1.82, 2.24) is 9.97 Å². The molecule has 0 saturated carbocycles. The summed E-state index contributed by atoms with van der Waals surface area (Å²) in [7, 11) is 0. The summed E-state index contributed by atoms with van der Waals surface area (Å²) in [4.78, 5) is 32.9. The summed E-state index contributed by atoms with van der Waals surface area (Å²) in [5, 5.41) is 5.88. The van der Waals surface area contributed by atoms with Crippen LogP contribution >= 0.6 is 0 Å². The topological polar surface area (TPSA) is 93.2 Å². The normalized spacial score (nSPS) is 10.2. The zero-order valence-electron chi connectivity index (χ0n) is 15.6. The highest BCUT2D eigenvalue weighted by atomic mass is 16.5. The highest BCUT2D eigenvalue weighted by Crippen LogP contribution is 2.20. The summed E-state index contributed by atoms with van der Waals surface area (Å²) in [6.07, 6.45) is 1.31. The van der Waals surface area contributed by atoms with E-state index in [4.69, 9.17) is 4.74 Å². The van der Waals surface area contributed by atoms with Crippen LogP contribution < -0.4 is 10.6 Å². The molecule has 1 aromatic heterocycles. The third-order valence-electron chi connectivity index (χ3n) is 3.98. The van der Waals surface area contributed by atoms with Crippen molar-refractivity contribution in [1.29, 1.82) is 0 Å². The van der Waals surface area contributed by atoms with Gasteiger partial charge in [-0.25, -0.2) is 14.8 Å². The minimum Gasteiger partial charge on any atom is -0.462 e. The summed E-state index contributed by atoms with van der Waals surface area (Å²) in [5.74, 6) is -0.455. The smallest absolute Gasteiger partial charge is 0.340 e. The van der Waals surface area contributed by atoms with Crippen molar-refractivity contribution in [2.24, 2.45) is 0 Å². The molecule has 0 aliphatic heterocycles. The number of ether oxygens (including phenoxy) is 1. The summed E-state index contributed by atoms with van der Waals surface area (Å²) >= 11 is 0. The lowest BCUT2D eigenvalue weighted by Crippen LogP contribution is -2.17. The first kappa shape index (κ1) is 19.0. The third kappa shape index (κ3) is 4.50. The number of benzene rings is 2. The van der Waals surface area contributed by atoms with E-state index in [1.807, 2.05) is 31.2 Å². The molecule has 3 aromatic rings. The second-order valence-electron chi connectivity index (χ2n) is 5.95. The van der Waals surface area contributed by atoms with Crippen LogP contribution in [0.15, 0.2) is 60.9 Å². The van der Waals surface area contributed by atoms with Crippen molar-refractivity contribution in [3.63, 3.8) is 0 Å². The Balaban J connectivity index is 1.79. The SMILES string of the molecule is CCOC(=O)c1ccccc1NC(=O)c1cc(Nc2ccccc2C)ncn1. The molecule has 0 aliphatic carbocycles. The Labute approximate surface area is 162 Å². The molecule has 3 rings (SSSR count). The number of para-hydroxylation sites is 2. The average molecular weight is 376 g/mol. The van der Waals surface area contributed by atoms with Gasteiger partial charge < -0.3 is 15.4 Å². The number of nitrogens with zero attached hydrogens (tertiary/aromatic N) is 2. The molecule has 1 heterocycles. The Morgan fingerprint density at radius 2 is 1.71 bits per heavy atom. The first-order valence-electron chi connectivity index (χ1n) is 8.80. The fourth-order valence-electron chi connectivity index (χ4n) is 2.57. The molecule has 28 heavy (non-hydrogen) atoms. The molecular weight excluding hydrogens is 356 g/mol. The van der Waals surface area contributed by atoms with Crippen LogP contribution in [0, 0.1) is 6.92 Å². The number of carbonyl (C=O) groups excluding carboxylic acids is 2. The van der Waals surface area contributed by atoms with Gasteiger partial charge in [0.25, 0.3) is 5.91 Å². The van der Waals surface area contributed by atoms with Gasteiger partial charge in [0.2, 0.25) is 0 Å². The van der Waals surface area contributed by atoms with Crippen LogP contribution in [0.2, 0.25) is 0 Å². The van der Waals surface area contributed by atoms with E-state index < -0.39 is 11.9 Å². The molecule has 0 radical (unpaired) electrons. The van der Waals surface area contributed by atoms with Gasteiger partial charge in [0.05, 0.1) is 17.9 Å². The number of esters is 1. The summed E-state index contributed by atoms with van der Waals surface area (Å²) in [6.45, 7) is 3.95. The Kier molecular flexibility index (Phi) is 5.96. The second-order valence-corrected chi connectivity index (χ2v) is 5.95. The maximum atomic E-state index is 12.6. The molecule has 2 N–H and O–H groups in total. The van der Waals surface area contributed by atoms with Crippen molar-refractivity contribution < 1.29 is 14.3 Å². The van der Waals surface area contributed by atoms with Gasteiger partial charge in [0.1, 0.15) is 17.8 Å². The van der Waals surface area contributed by atoms with Gasteiger partial charge in [-0.2, -0.15) is 0 Å². The van der Waals surface area contributed by atoms with Crippen molar-refractivity contribution >= 4 is 29.1 Å². The highest BCUT2D eigenvalue weighted by molar-refractivity contribution is 6.07. The van der Waals surface area contributed by atoms with Crippen molar-refractivity contribution in [3.8, 4) is 0 Å². The maximum Gasteiger partial charge on any atom is 0.340 e. The van der Waals surface area contributed by atoms with E-state index in [1.54, 1.807) is 37.3 Å². The minimum atomic E-state index is -0.497. The Morgan fingerprint density at radius 1 is 1.00 bits per heavy atom. The number of anilines is 3. The predicted octanol–water partition coefficient (Wildman–Crippen LogP) is 3.96. The van der Waals surface area contributed by atoms with Gasteiger partial charge in [0.15, 0.2) is 0 Å². The van der Waals surface area contributed by atoms with E-state index in [0.29, 0.717) is 11.5 Å². The van der Waals surface area contributed by atoms with Crippen LogP contribution in [-0.4, -0.2) is 28.5 Å². The summed E-state index contributed by atoms with van der Waals surface area (Å²) < 4.78 is 5.03. The van der Waals surface area contributed by atoms with Crippen LogP contribution in [0.4, 0.5) is 17.2 Å². The largest absolute Gasteiger partial charge is 0.462 e. The third-order valence-corrected chi connectivity index (χ3v) is 3.98. The van der Waals surface area contributed by atoms with Gasteiger partial charge in [0, 0.05) is 11.8 Å². The number of amides is 1. The van der Waals surface area contributed by atoms with Crippen LogP contribution in [0.1, 0.15) is 33.3 Å². The quantitative estimate of drug-likeness (QED) is 0.633. The molecule has 0 unspecified atom stereocenters. The van der Waals surface area contributed by atoms with Crippen molar-refractivity contribution in [3.05, 3.63) is 77.7 Å². The minimum absolute atomic E-state index is 0.171. The molecular formula is C21H20N4O3. The fraction of sp³-hybridized carbons (Fsp3) is 0.143. The number of hydrogen-bond acceptors (Lipinski definition) is 6. The Morgan fingerprint density at radius 3 is 2.46 bits per heavy atom. The molecule has 0 spiro atoms. The lowest BCUT2D eigenvalue weighted by atomic mass is 10.1. The van der Waals surface area contributed by atoms with Crippen molar-refractivity contribution in [2.75, 3.05) is 17.2 Å². The van der Waals surface area contributed by atoms with E-state index in [2.05, 4.69) is 20.6 Å². The van der Waals surface area contributed by atoms with Crippen LogP contribution in [0.25, 0.3) is 0 Å². The number of nitrogens with one attached hydrogen (secondary N) is 2. The molecule has 0 atom stereocenters. The van der Waals surface area contributed by atoms with Gasteiger partial charge in [-0.15, -0.1) is 0 Å². The predicted molar refractivity (Wildman–Crippen MR) is 107 cm³/mol. The standard InChI is InChI=1S/C21H20N4O3/c1-3-28-21(27)15-9-5-7-11-17(15)25-20(26)18-12-19(23-13-22-18)24-16-10-6-4-8-14(16)2/h4-13H,3H2,1-2H3,(H,25,26)(H,22,23,24). The zero-order chi connectivity index (χ0) is 19.9. The molecule has 7 heteroatoms. The summed E-state index contributed by atoms with van der Waals surface area (Å²) in [6, 6.07) is 16.0. The van der Waals surface area contributed by atoms with E-state index >= 15 is 0 Å². The monoisotopic (exact) mass is 376 g/mol. The lowest BCUT2D eigenvalue weighted by Gasteiger charge is -2.11. The van der Waals surface area contributed by atoms with E-state index in [-0.39, 0.29) is 17.9 Å². The highest BCUT2D eigenvalue weighted by Gasteiger charge is 2.16. The van der Waals surface area contributed by atoms with Crippen LogP contribution in [0.5, 0.6) is 0 Å². The molecule has 1 amide bonds. The number of hydrogen-bond donors (Lipinski definition) is 2. The molecule has 7 nitrogen and oxygen atoms in total. The van der Waals surface area contributed by atoms with E-state index in [1.165, 1.54) is 6.33 Å². The molecule has 0 saturated heterocycles. The first-order chi connectivity index (χ1) is 13.6. The van der Waals surface area contributed by atoms with Crippen molar-refractivity contribution in [2.45, 2.75) is 13.8 Å².